The van der Waals surface area contributed by atoms with Crippen molar-refractivity contribution in [2.45, 2.75) is 90.4 Å². The lowest BCUT2D eigenvalue weighted by Crippen LogP contribution is -2.51. The monoisotopic (exact) mass is 852 g/mol. The van der Waals surface area contributed by atoms with Gasteiger partial charge in [0.2, 0.25) is 11.8 Å². The van der Waals surface area contributed by atoms with Gasteiger partial charge < -0.3 is 54.1 Å². The molecule has 0 radical (unpaired) electrons. The van der Waals surface area contributed by atoms with Crippen molar-refractivity contribution >= 4 is 24.0 Å². The largest absolute Gasteiger partial charge is 0.493 e. The number of nitrogens with zero attached hydrogens (tertiary/aromatic N) is 4. The number of imidazole rings is 2. The van der Waals surface area contributed by atoms with Crippen molar-refractivity contribution in [2.75, 3.05) is 47.1 Å². The molecule has 2 fully saturated rings. The summed E-state index contributed by atoms with van der Waals surface area (Å²) in [7, 11) is 2.57. The Labute approximate surface area is 360 Å². The van der Waals surface area contributed by atoms with Gasteiger partial charge in [-0.15, -0.1) is 0 Å². The SMILES string of the molecule is COC(=O)NC(C(=O)N1CCCC1c1ncc(-c2ccc(-c3ccc(-c4cnc(C5CCCN5C(=O)C(NC(=O)OC)C(C)C)[nH]4)c4c3OCCO4)c3c2CCCO3)[nH]1)C(C)C. The number of aromatic amines is 2. The van der Waals surface area contributed by atoms with E-state index in [0.717, 1.165) is 83.5 Å². The van der Waals surface area contributed by atoms with E-state index >= 15 is 0 Å². The Morgan fingerprint density at radius 3 is 1.61 bits per heavy atom. The number of fused-ring (bicyclic) bond motifs is 2. The number of ether oxygens (including phenoxy) is 5. The van der Waals surface area contributed by atoms with Gasteiger partial charge in [-0.05, 0) is 68.6 Å². The fourth-order valence-electron chi connectivity index (χ4n) is 9.16. The number of methoxy groups -OCH3 is 2. The van der Waals surface area contributed by atoms with E-state index in [4.69, 9.17) is 33.7 Å². The van der Waals surface area contributed by atoms with E-state index < -0.39 is 24.3 Å². The Morgan fingerprint density at radius 2 is 1.10 bits per heavy atom. The van der Waals surface area contributed by atoms with Crippen LogP contribution in [0.4, 0.5) is 9.59 Å². The van der Waals surface area contributed by atoms with Crippen LogP contribution in [0, 0.1) is 11.8 Å². The van der Waals surface area contributed by atoms with Crippen LogP contribution in [-0.2, 0) is 25.5 Å². The molecule has 4 aliphatic heterocycles. The van der Waals surface area contributed by atoms with Gasteiger partial charge in [0.15, 0.2) is 11.5 Å². The molecule has 4 atom stereocenters. The van der Waals surface area contributed by atoms with Crippen molar-refractivity contribution in [2.24, 2.45) is 11.8 Å². The van der Waals surface area contributed by atoms with E-state index in [1.54, 1.807) is 11.1 Å². The van der Waals surface area contributed by atoms with Crippen molar-refractivity contribution in [1.82, 2.24) is 40.4 Å². The number of benzene rings is 2. The molecule has 4 aliphatic rings. The van der Waals surface area contributed by atoms with E-state index in [-0.39, 0.29) is 35.7 Å². The van der Waals surface area contributed by atoms with Crippen molar-refractivity contribution in [3.63, 3.8) is 0 Å². The number of alkyl carbamates (subject to hydrolysis) is 2. The van der Waals surface area contributed by atoms with Crippen molar-refractivity contribution < 1.29 is 42.9 Å². The Bertz CT molecular complexity index is 2160. The molecule has 2 aromatic carbocycles. The Kier molecular flexibility index (Phi) is 12.3. The average molecular weight is 853 g/mol. The van der Waals surface area contributed by atoms with Crippen LogP contribution in [-0.4, -0.2) is 113 Å². The highest BCUT2D eigenvalue weighted by atomic mass is 16.6. The van der Waals surface area contributed by atoms with Gasteiger partial charge in [-0.1, -0.05) is 33.8 Å². The van der Waals surface area contributed by atoms with Crippen molar-refractivity contribution in [3.05, 3.63) is 53.9 Å². The summed E-state index contributed by atoms with van der Waals surface area (Å²) in [5.41, 5.74) is 6.08. The summed E-state index contributed by atoms with van der Waals surface area (Å²) in [5.74, 6) is 2.72. The second kappa shape index (κ2) is 18.0. The number of carbonyl (C=O) groups excluding carboxylic acids is 4. The van der Waals surface area contributed by atoms with E-state index in [1.807, 2.05) is 57.0 Å². The molecule has 4 unspecified atom stereocenters. The second-order valence-corrected chi connectivity index (χ2v) is 16.9. The number of hydrogen-bond acceptors (Lipinski definition) is 11. The number of hydrogen-bond donors (Lipinski definition) is 4. The zero-order chi connectivity index (χ0) is 43.7. The molecular formula is C45H56N8O9. The molecule has 0 bridgehead atoms. The molecule has 62 heavy (non-hydrogen) atoms. The van der Waals surface area contributed by atoms with Crippen LogP contribution >= 0.6 is 0 Å². The van der Waals surface area contributed by atoms with Crippen molar-refractivity contribution in [1.29, 1.82) is 0 Å². The molecule has 0 aliphatic carbocycles. The molecule has 330 valence electrons. The smallest absolute Gasteiger partial charge is 0.407 e. The Balaban J connectivity index is 1.07. The van der Waals surface area contributed by atoms with Crippen LogP contribution < -0.4 is 24.8 Å². The fraction of sp³-hybridized carbons (Fsp3) is 0.511. The van der Waals surface area contributed by atoms with Crippen LogP contribution in [0.3, 0.4) is 0 Å². The number of amides is 4. The lowest BCUT2D eigenvalue weighted by molar-refractivity contribution is -0.136. The van der Waals surface area contributed by atoms with E-state index in [2.05, 4.69) is 26.7 Å². The number of H-pyrrole nitrogens is 2. The number of likely N-dealkylation sites (tertiary alicyclic amines) is 2. The quantitative estimate of drug-likeness (QED) is 0.132. The van der Waals surface area contributed by atoms with Crippen LogP contribution in [0.1, 0.15) is 89.1 Å². The molecule has 6 heterocycles. The molecule has 0 saturated carbocycles. The maximum absolute atomic E-state index is 13.8. The predicted molar refractivity (Wildman–Crippen MR) is 228 cm³/mol. The third kappa shape index (κ3) is 8.11. The second-order valence-electron chi connectivity index (χ2n) is 16.9. The molecule has 8 rings (SSSR count). The van der Waals surface area contributed by atoms with Gasteiger partial charge in [-0.25, -0.2) is 19.6 Å². The maximum atomic E-state index is 13.8. The first kappa shape index (κ1) is 42.4. The lowest BCUT2D eigenvalue weighted by Gasteiger charge is -2.30. The standard InChI is InChI=1S/C45H56N8O9/c1-24(2)35(50-44(56)58-5)42(54)52-17-7-11-33(52)40-46-22-31(48-40)26-13-14-28(37-27(26)10-9-19-60-37)29-15-16-30(39-38(29)61-20-21-62-39)32-23-47-41(49-32)34-12-8-18-53(34)43(55)36(25(3)4)51-45(57)59-6/h13-16,22-25,33-36H,7-12,17-21H2,1-6H3,(H,46,48)(H,47,49)(H,50,56)(H,51,57). The van der Waals surface area contributed by atoms with Gasteiger partial charge in [0.05, 0.1) is 56.7 Å². The summed E-state index contributed by atoms with van der Waals surface area (Å²) in [6.07, 6.45) is 7.05. The van der Waals surface area contributed by atoms with Crippen LogP contribution in [0.15, 0.2) is 36.7 Å². The van der Waals surface area contributed by atoms with Gasteiger partial charge in [0, 0.05) is 40.9 Å². The summed E-state index contributed by atoms with van der Waals surface area (Å²) < 4.78 is 28.8. The molecule has 17 heteroatoms. The molecule has 2 aromatic heterocycles. The zero-order valence-electron chi connectivity index (χ0n) is 36.2. The molecule has 17 nitrogen and oxygen atoms in total. The third-order valence-corrected chi connectivity index (χ3v) is 12.3. The van der Waals surface area contributed by atoms with Gasteiger partial charge in [-0.3, -0.25) is 9.59 Å². The predicted octanol–water partition coefficient (Wildman–Crippen LogP) is 6.32. The molecule has 0 spiro atoms. The minimum atomic E-state index is -0.731. The number of aromatic nitrogens is 4. The van der Waals surface area contributed by atoms with Crippen LogP contribution in [0.2, 0.25) is 0 Å². The highest BCUT2D eigenvalue weighted by molar-refractivity contribution is 5.89. The summed E-state index contributed by atoms with van der Waals surface area (Å²) >= 11 is 0. The highest BCUT2D eigenvalue weighted by Crippen LogP contribution is 2.50. The Hall–Kier alpha value is -6.26. The minimum absolute atomic E-state index is 0.133. The van der Waals surface area contributed by atoms with Gasteiger partial charge >= 0.3 is 12.2 Å². The Morgan fingerprint density at radius 1 is 0.645 bits per heavy atom. The molecule has 4 amide bonds. The number of nitrogens with one attached hydrogen (secondary N) is 4. The van der Waals surface area contributed by atoms with Gasteiger partial charge in [0.1, 0.15) is 42.7 Å². The normalized spacial score (nSPS) is 19.2. The topological polar surface area (TPSA) is 202 Å². The van der Waals surface area contributed by atoms with E-state index in [1.165, 1.54) is 14.2 Å². The number of rotatable bonds is 11. The summed E-state index contributed by atoms with van der Waals surface area (Å²) in [4.78, 5) is 71.9. The molecular weight excluding hydrogens is 797 g/mol. The molecule has 2 saturated heterocycles. The minimum Gasteiger partial charge on any atom is -0.493 e. The first-order valence-electron chi connectivity index (χ1n) is 21.6. The first-order chi connectivity index (χ1) is 30.0. The van der Waals surface area contributed by atoms with E-state index in [0.29, 0.717) is 56.1 Å². The summed E-state index contributed by atoms with van der Waals surface area (Å²) in [6.45, 7) is 10.0. The van der Waals surface area contributed by atoms with Gasteiger partial charge in [-0.2, -0.15) is 0 Å². The van der Waals surface area contributed by atoms with E-state index in [9.17, 15) is 19.2 Å². The van der Waals surface area contributed by atoms with Gasteiger partial charge in [0.25, 0.3) is 0 Å². The lowest BCUT2D eigenvalue weighted by atomic mass is 9.91. The molecule has 4 aromatic rings. The third-order valence-electron chi connectivity index (χ3n) is 12.3. The average Bonchev–Trinajstić information content (AvgIpc) is 4.13. The number of carbonyl (C=O) groups is 4. The molecule has 4 N–H and O–H groups in total. The summed E-state index contributed by atoms with van der Waals surface area (Å²) in [5, 5.41) is 5.42. The van der Waals surface area contributed by atoms with Crippen LogP contribution in [0.25, 0.3) is 33.6 Å². The summed E-state index contributed by atoms with van der Waals surface area (Å²) in [6, 6.07) is 6.14. The zero-order valence-corrected chi connectivity index (χ0v) is 36.2. The maximum Gasteiger partial charge on any atom is 0.407 e. The highest BCUT2D eigenvalue weighted by Gasteiger charge is 2.39. The van der Waals surface area contributed by atoms with Crippen molar-refractivity contribution in [3.8, 4) is 50.9 Å². The van der Waals surface area contributed by atoms with Crippen LogP contribution in [0.5, 0.6) is 17.2 Å². The fourth-order valence-corrected chi connectivity index (χ4v) is 9.16. The first-order valence-corrected chi connectivity index (χ1v) is 21.6.